The molecular formula is C7H14N2O2. The van der Waals surface area contributed by atoms with E-state index in [2.05, 4.69) is 10.1 Å². The van der Waals surface area contributed by atoms with Gasteiger partial charge in [-0.15, -0.1) is 0 Å². The van der Waals surface area contributed by atoms with E-state index in [1.54, 1.807) is 0 Å². The van der Waals surface area contributed by atoms with Crippen LogP contribution in [0.15, 0.2) is 0 Å². The zero-order valence-corrected chi connectivity index (χ0v) is 6.67. The van der Waals surface area contributed by atoms with Gasteiger partial charge in [-0.25, -0.2) is 0 Å². The highest BCUT2D eigenvalue weighted by Crippen LogP contribution is 2.06. The molecule has 1 aliphatic rings. The van der Waals surface area contributed by atoms with Crippen molar-refractivity contribution in [3.05, 3.63) is 0 Å². The summed E-state index contributed by atoms with van der Waals surface area (Å²) < 4.78 is 4.58. The van der Waals surface area contributed by atoms with E-state index < -0.39 is 0 Å². The van der Waals surface area contributed by atoms with Crippen molar-refractivity contribution in [3.8, 4) is 0 Å². The molecule has 0 amide bonds. The molecule has 64 valence electrons. The van der Waals surface area contributed by atoms with Gasteiger partial charge in [0.1, 0.15) is 6.04 Å². The largest absolute Gasteiger partial charge is 0.468 e. The van der Waals surface area contributed by atoms with Crippen molar-refractivity contribution in [1.29, 1.82) is 0 Å². The first-order valence-electron chi connectivity index (χ1n) is 3.81. The fourth-order valence-electron chi connectivity index (χ4n) is 1.27. The summed E-state index contributed by atoms with van der Waals surface area (Å²) in [4.78, 5) is 11.0. The Hall–Kier alpha value is -0.610. The van der Waals surface area contributed by atoms with E-state index in [1.807, 2.05) is 0 Å². The molecular weight excluding hydrogens is 144 g/mol. The first-order chi connectivity index (χ1) is 5.24. The van der Waals surface area contributed by atoms with Crippen molar-refractivity contribution in [2.24, 2.45) is 5.73 Å². The summed E-state index contributed by atoms with van der Waals surface area (Å²) in [6.45, 7) is 0.806. The maximum Gasteiger partial charge on any atom is 0.322 e. The first kappa shape index (κ1) is 8.49. The number of carbonyl (C=O) groups is 1. The Kier molecular flexibility index (Phi) is 2.84. The number of esters is 1. The maximum atomic E-state index is 11.0. The molecule has 1 aliphatic heterocycles. The van der Waals surface area contributed by atoms with E-state index in [0.29, 0.717) is 6.42 Å². The van der Waals surface area contributed by atoms with Crippen LogP contribution >= 0.6 is 0 Å². The summed E-state index contributed by atoms with van der Waals surface area (Å²) in [5, 5.41) is 3.05. The van der Waals surface area contributed by atoms with Gasteiger partial charge >= 0.3 is 5.97 Å². The van der Waals surface area contributed by atoms with Crippen molar-refractivity contribution in [3.63, 3.8) is 0 Å². The van der Waals surface area contributed by atoms with Gasteiger partial charge in [-0.1, -0.05) is 0 Å². The maximum absolute atomic E-state index is 11.0. The van der Waals surface area contributed by atoms with Gasteiger partial charge in [-0.2, -0.15) is 0 Å². The van der Waals surface area contributed by atoms with Crippen LogP contribution in [0.4, 0.5) is 0 Å². The molecule has 0 saturated carbocycles. The fraction of sp³-hybridized carbons (Fsp3) is 0.857. The zero-order chi connectivity index (χ0) is 8.27. The third-order valence-corrected chi connectivity index (χ3v) is 1.93. The molecule has 4 heteroatoms. The zero-order valence-electron chi connectivity index (χ0n) is 6.67. The second kappa shape index (κ2) is 3.69. The number of hydrogen-bond acceptors (Lipinski definition) is 4. The van der Waals surface area contributed by atoms with E-state index >= 15 is 0 Å². The van der Waals surface area contributed by atoms with Crippen LogP contribution in [0.25, 0.3) is 0 Å². The lowest BCUT2D eigenvalue weighted by Crippen LogP contribution is -2.48. The Bertz CT molecular complexity index is 149. The summed E-state index contributed by atoms with van der Waals surface area (Å²) in [6.07, 6.45) is 1.63. The van der Waals surface area contributed by atoms with Gasteiger partial charge in [0.2, 0.25) is 0 Å². The standard InChI is InChI=1S/C7H14N2O2/c1-11-7(10)6-4-5(8)2-3-9-6/h5-6,9H,2-4,8H2,1H3/t5-,6+/m1/s1. The van der Waals surface area contributed by atoms with E-state index in [9.17, 15) is 4.79 Å². The van der Waals surface area contributed by atoms with Crippen molar-refractivity contribution >= 4 is 5.97 Å². The third kappa shape index (κ3) is 2.17. The van der Waals surface area contributed by atoms with Crippen LogP contribution in [0.1, 0.15) is 12.8 Å². The van der Waals surface area contributed by atoms with E-state index in [4.69, 9.17) is 5.73 Å². The molecule has 0 unspecified atom stereocenters. The van der Waals surface area contributed by atoms with Crippen molar-refractivity contribution in [2.75, 3.05) is 13.7 Å². The van der Waals surface area contributed by atoms with Crippen LogP contribution in [0.3, 0.4) is 0 Å². The molecule has 1 saturated heterocycles. The number of hydrogen-bond donors (Lipinski definition) is 2. The predicted octanol–water partition coefficient (Wildman–Crippen LogP) is -0.761. The molecule has 0 spiro atoms. The molecule has 11 heavy (non-hydrogen) atoms. The van der Waals surface area contributed by atoms with Crippen LogP contribution in [0.2, 0.25) is 0 Å². The number of piperidine rings is 1. The summed E-state index contributed by atoms with van der Waals surface area (Å²) in [5.41, 5.74) is 5.67. The molecule has 0 aromatic heterocycles. The number of ether oxygens (including phenoxy) is 1. The molecule has 0 aliphatic carbocycles. The van der Waals surface area contributed by atoms with Crippen molar-refractivity contribution in [2.45, 2.75) is 24.9 Å². The minimum absolute atomic E-state index is 0.139. The molecule has 1 rings (SSSR count). The summed E-state index contributed by atoms with van der Waals surface area (Å²) in [6, 6.07) is -0.0518. The second-order valence-electron chi connectivity index (χ2n) is 2.81. The smallest absolute Gasteiger partial charge is 0.322 e. The molecule has 2 atom stereocenters. The van der Waals surface area contributed by atoms with Gasteiger partial charge < -0.3 is 15.8 Å². The van der Waals surface area contributed by atoms with Gasteiger partial charge in [0.05, 0.1) is 7.11 Å². The van der Waals surface area contributed by atoms with Crippen molar-refractivity contribution in [1.82, 2.24) is 5.32 Å². The Morgan fingerprint density at radius 2 is 2.45 bits per heavy atom. The molecule has 4 nitrogen and oxygen atoms in total. The van der Waals surface area contributed by atoms with Gasteiger partial charge in [-0.05, 0) is 19.4 Å². The first-order valence-corrected chi connectivity index (χ1v) is 3.81. The summed E-state index contributed by atoms with van der Waals surface area (Å²) in [5.74, 6) is -0.208. The average molecular weight is 158 g/mol. The highest BCUT2D eigenvalue weighted by Gasteiger charge is 2.24. The third-order valence-electron chi connectivity index (χ3n) is 1.93. The Morgan fingerprint density at radius 1 is 1.73 bits per heavy atom. The monoisotopic (exact) mass is 158 g/mol. The fourth-order valence-corrected chi connectivity index (χ4v) is 1.27. The van der Waals surface area contributed by atoms with Crippen LogP contribution in [0.5, 0.6) is 0 Å². The van der Waals surface area contributed by atoms with E-state index in [0.717, 1.165) is 13.0 Å². The van der Waals surface area contributed by atoms with Gasteiger partial charge in [0, 0.05) is 6.04 Å². The lowest BCUT2D eigenvalue weighted by atomic mass is 10.0. The van der Waals surface area contributed by atoms with Gasteiger partial charge in [-0.3, -0.25) is 4.79 Å². The molecule has 0 aromatic carbocycles. The number of rotatable bonds is 1. The van der Waals surface area contributed by atoms with Gasteiger partial charge in [0.15, 0.2) is 0 Å². The number of methoxy groups -OCH3 is 1. The topological polar surface area (TPSA) is 64.3 Å². The highest BCUT2D eigenvalue weighted by molar-refractivity contribution is 5.75. The van der Waals surface area contributed by atoms with Crippen LogP contribution in [-0.2, 0) is 9.53 Å². The molecule has 1 heterocycles. The molecule has 0 aromatic rings. The van der Waals surface area contributed by atoms with Crippen molar-refractivity contribution < 1.29 is 9.53 Å². The number of nitrogens with one attached hydrogen (secondary N) is 1. The minimum Gasteiger partial charge on any atom is -0.468 e. The Labute approximate surface area is 66.1 Å². The quantitative estimate of drug-likeness (QED) is 0.492. The number of carbonyl (C=O) groups excluding carboxylic acids is 1. The Morgan fingerprint density at radius 3 is 3.00 bits per heavy atom. The predicted molar refractivity (Wildman–Crippen MR) is 41.0 cm³/mol. The van der Waals surface area contributed by atoms with Crippen LogP contribution in [0, 0.1) is 0 Å². The highest BCUT2D eigenvalue weighted by atomic mass is 16.5. The Balaban J connectivity index is 2.39. The minimum atomic E-state index is -0.208. The summed E-state index contributed by atoms with van der Waals surface area (Å²) in [7, 11) is 1.39. The molecule has 0 radical (unpaired) electrons. The summed E-state index contributed by atoms with van der Waals surface area (Å²) >= 11 is 0. The number of nitrogens with two attached hydrogens (primary N) is 1. The lowest BCUT2D eigenvalue weighted by Gasteiger charge is -2.25. The normalized spacial score (nSPS) is 31.5. The molecule has 1 fully saturated rings. The molecule has 3 N–H and O–H groups in total. The average Bonchev–Trinajstić information content (AvgIpc) is 2.03. The SMILES string of the molecule is COC(=O)[C@@H]1C[C@H](N)CCN1. The van der Waals surface area contributed by atoms with Crippen LogP contribution in [-0.4, -0.2) is 31.7 Å². The van der Waals surface area contributed by atoms with Crippen LogP contribution < -0.4 is 11.1 Å². The van der Waals surface area contributed by atoms with Gasteiger partial charge in [0.25, 0.3) is 0 Å². The lowest BCUT2D eigenvalue weighted by molar-refractivity contribution is -0.143. The van der Waals surface area contributed by atoms with E-state index in [1.165, 1.54) is 7.11 Å². The van der Waals surface area contributed by atoms with E-state index in [-0.39, 0.29) is 18.1 Å². The molecule has 0 bridgehead atoms. The second-order valence-corrected chi connectivity index (χ2v) is 2.81.